The Morgan fingerprint density at radius 2 is 1.82 bits per heavy atom. The first-order valence-electron chi connectivity index (χ1n) is 6.48. The molecule has 2 fully saturated rings. The lowest BCUT2D eigenvalue weighted by Crippen LogP contribution is -2.42. The van der Waals surface area contributed by atoms with Crippen LogP contribution in [0, 0.1) is 5.92 Å². The van der Waals surface area contributed by atoms with Crippen molar-refractivity contribution >= 4 is 0 Å². The standard InChI is InChI=1S/C13H20N4/c1-17-11-2-3-12(17)5-9(4-11)13(14)10-6-15-8-16-7-10/h6-9,11-13H,2-5,14H2,1H3. The van der Waals surface area contributed by atoms with Gasteiger partial charge in [0.05, 0.1) is 0 Å². The predicted molar refractivity (Wildman–Crippen MR) is 66.3 cm³/mol. The molecule has 4 heteroatoms. The topological polar surface area (TPSA) is 55.0 Å². The van der Waals surface area contributed by atoms with E-state index in [9.17, 15) is 0 Å². The maximum absolute atomic E-state index is 6.37. The van der Waals surface area contributed by atoms with Crippen LogP contribution in [0.15, 0.2) is 18.7 Å². The van der Waals surface area contributed by atoms with Crippen LogP contribution in [0.4, 0.5) is 0 Å². The fraction of sp³-hybridized carbons (Fsp3) is 0.692. The van der Waals surface area contributed by atoms with E-state index in [2.05, 4.69) is 21.9 Å². The minimum Gasteiger partial charge on any atom is -0.324 e. The Balaban J connectivity index is 1.74. The molecule has 0 saturated carbocycles. The van der Waals surface area contributed by atoms with Gasteiger partial charge in [0, 0.05) is 36.1 Å². The van der Waals surface area contributed by atoms with Crippen LogP contribution in [0.3, 0.4) is 0 Å². The van der Waals surface area contributed by atoms with E-state index in [1.54, 1.807) is 6.33 Å². The molecule has 0 aromatic carbocycles. The molecule has 0 radical (unpaired) electrons. The minimum atomic E-state index is 0.105. The smallest absolute Gasteiger partial charge is 0.115 e. The van der Waals surface area contributed by atoms with Crippen molar-refractivity contribution in [1.82, 2.24) is 14.9 Å². The molecule has 1 aromatic rings. The van der Waals surface area contributed by atoms with Crippen LogP contribution in [0.1, 0.15) is 37.3 Å². The fourth-order valence-electron chi connectivity index (χ4n) is 3.50. The second kappa shape index (κ2) is 4.35. The number of aromatic nitrogens is 2. The molecular formula is C13H20N4. The highest BCUT2D eigenvalue weighted by Crippen LogP contribution is 2.41. The summed E-state index contributed by atoms with van der Waals surface area (Å²) in [4.78, 5) is 10.7. The van der Waals surface area contributed by atoms with Gasteiger partial charge < -0.3 is 10.6 Å². The summed E-state index contributed by atoms with van der Waals surface area (Å²) in [5.74, 6) is 0.592. The third-order valence-corrected chi connectivity index (χ3v) is 4.61. The van der Waals surface area contributed by atoms with Crippen molar-refractivity contribution < 1.29 is 0 Å². The summed E-state index contributed by atoms with van der Waals surface area (Å²) in [6, 6.07) is 1.59. The molecule has 4 nitrogen and oxygen atoms in total. The summed E-state index contributed by atoms with van der Waals surface area (Å²) in [5.41, 5.74) is 7.45. The molecule has 3 rings (SSSR count). The summed E-state index contributed by atoms with van der Waals surface area (Å²) < 4.78 is 0. The Morgan fingerprint density at radius 1 is 1.24 bits per heavy atom. The first kappa shape index (κ1) is 11.1. The van der Waals surface area contributed by atoms with E-state index in [-0.39, 0.29) is 6.04 Å². The molecule has 2 aliphatic rings. The van der Waals surface area contributed by atoms with Gasteiger partial charge in [0.25, 0.3) is 0 Å². The highest BCUT2D eigenvalue weighted by Gasteiger charge is 2.40. The molecule has 17 heavy (non-hydrogen) atoms. The van der Waals surface area contributed by atoms with Gasteiger partial charge in [-0.25, -0.2) is 9.97 Å². The molecule has 3 unspecified atom stereocenters. The van der Waals surface area contributed by atoms with Crippen LogP contribution in [0.25, 0.3) is 0 Å². The lowest BCUT2D eigenvalue weighted by atomic mass is 9.83. The van der Waals surface area contributed by atoms with Crippen LogP contribution < -0.4 is 5.73 Å². The monoisotopic (exact) mass is 232 g/mol. The number of nitrogens with zero attached hydrogens (tertiary/aromatic N) is 3. The van der Waals surface area contributed by atoms with Gasteiger partial charge in [-0.15, -0.1) is 0 Å². The lowest BCUT2D eigenvalue weighted by molar-refractivity contribution is 0.120. The molecule has 3 heterocycles. The first-order chi connectivity index (χ1) is 8.25. The Morgan fingerprint density at radius 3 is 2.41 bits per heavy atom. The molecule has 3 atom stereocenters. The lowest BCUT2D eigenvalue weighted by Gasteiger charge is -2.38. The Bertz CT molecular complexity index is 366. The number of nitrogens with two attached hydrogens (primary N) is 1. The van der Waals surface area contributed by atoms with E-state index < -0.39 is 0 Å². The summed E-state index contributed by atoms with van der Waals surface area (Å²) in [5, 5.41) is 0. The summed E-state index contributed by atoms with van der Waals surface area (Å²) in [6.07, 6.45) is 10.4. The zero-order valence-electron chi connectivity index (χ0n) is 10.3. The second-order valence-corrected chi connectivity index (χ2v) is 5.48. The molecule has 92 valence electrons. The largest absolute Gasteiger partial charge is 0.324 e. The molecule has 2 aliphatic heterocycles. The van der Waals surface area contributed by atoms with Crippen LogP contribution in [0.2, 0.25) is 0 Å². The normalized spacial score (nSPS) is 34.8. The maximum atomic E-state index is 6.37. The SMILES string of the molecule is CN1C2CCC1CC(C(N)c1cncnc1)C2. The van der Waals surface area contributed by atoms with E-state index in [4.69, 9.17) is 5.73 Å². The maximum Gasteiger partial charge on any atom is 0.115 e. The number of rotatable bonds is 2. The van der Waals surface area contributed by atoms with Gasteiger partial charge in [-0.3, -0.25) is 0 Å². The molecule has 1 aromatic heterocycles. The van der Waals surface area contributed by atoms with E-state index in [0.29, 0.717) is 5.92 Å². The summed E-state index contributed by atoms with van der Waals surface area (Å²) in [7, 11) is 2.26. The van der Waals surface area contributed by atoms with Crippen molar-refractivity contribution in [2.24, 2.45) is 11.7 Å². The van der Waals surface area contributed by atoms with Crippen molar-refractivity contribution in [2.75, 3.05) is 7.05 Å². The molecule has 0 spiro atoms. The van der Waals surface area contributed by atoms with E-state index in [1.165, 1.54) is 25.7 Å². The van der Waals surface area contributed by atoms with Gasteiger partial charge in [-0.2, -0.15) is 0 Å². The van der Waals surface area contributed by atoms with Crippen molar-refractivity contribution in [2.45, 2.75) is 43.8 Å². The zero-order valence-corrected chi connectivity index (χ0v) is 10.3. The second-order valence-electron chi connectivity index (χ2n) is 5.48. The molecule has 2 N–H and O–H groups in total. The van der Waals surface area contributed by atoms with Crippen LogP contribution in [0.5, 0.6) is 0 Å². The van der Waals surface area contributed by atoms with Gasteiger partial charge >= 0.3 is 0 Å². The van der Waals surface area contributed by atoms with Crippen LogP contribution in [-0.2, 0) is 0 Å². The van der Waals surface area contributed by atoms with E-state index in [1.807, 2.05) is 12.4 Å². The van der Waals surface area contributed by atoms with Gasteiger partial charge in [-0.05, 0) is 38.6 Å². The quantitative estimate of drug-likeness (QED) is 0.836. The molecule has 2 saturated heterocycles. The van der Waals surface area contributed by atoms with Gasteiger partial charge in [0.1, 0.15) is 6.33 Å². The highest BCUT2D eigenvalue weighted by atomic mass is 15.2. The molecule has 0 amide bonds. The van der Waals surface area contributed by atoms with Crippen molar-refractivity contribution in [1.29, 1.82) is 0 Å². The summed E-state index contributed by atoms with van der Waals surface area (Å²) in [6.45, 7) is 0. The van der Waals surface area contributed by atoms with E-state index in [0.717, 1.165) is 17.6 Å². The van der Waals surface area contributed by atoms with Crippen molar-refractivity contribution in [3.8, 4) is 0 Å². The number of hydrogen-bond acceptors (Lipinski definition) is 4. The Hall–Kier alpha value is -1.00. The van der Waals surface area contributed by atoms with Gasteiger partial charge in [0.2, 0.25) is 0 Å². The first-order valence-corrected chi connectivity index (χ1v) is 6.48. The third kappa shape index (κ3) is 1.96. The van der Waals surface area contributed by atoms with Gasteiger partial charge in [-0.1, -0.05) is 0 Å². The van der Waals surface area contributed by atoms with Gasteiger partial charge in [0.15, 0.2) is 0 Å². The molecule has 0 aliphatic carbocycles. The summed E-state index contributed by atoms with van der Waals surface area (Å²) >= 11 is 0. The Labute approximate surface area is 102 Å². The minimum absolute atomic E-state index is 0.105. The van der Waals surface area contributed by atoms with Crippen molar-refractivity contribution in [3.05, 3.63) is 24.3 Å². The highest BCUT2D eigenvalue weighted by molar-refractivity contribution is 5.11. The number of piperidine rings is 1. The van der Waals surface area contributed by atoms with Crippen LogP contribution in [-0.4, -0.2) is 34.0 Å². The predicted octanol–water partition coefficient (Wildman–Crippen LogP) is 1.35. The molecule has 2 bridgehead atoms. The number of fused-ring (bicyclic) bond motifs is 2. The average Bonchev–Trinajstić information content (AvgIpc) is 2.61. The molecular weight excluding hydrogens is 212 g/mol. The van der Waals surface area contributed by atoms with Crippen molar-refractivity contribution in [3.63, 3.8) is 0 Å². The van der Waals surface area contributed by atoms with E-state index >= 15 is 0 Å². The number of hydrogen-bond donors (Lipinski definition) is 1. The zero-order chi connectivity index (χ0) is 11.8. The van der Waals surface area contributed by atoms with Crippen LogP contribution >= 0.6 is 0 Å². The fourth-order valence-corrected chi connectivity index (χ4v) is 3.50. The Kier molecular flexibility index (Phi) is 2.84. The third-order valence-electron chi connectivity index (χ3n) is 4.61. The average molecular weight is 232 g/mol.